The standard InChI is InChI=1S/C25H21N5O8/c31-12-20-22(14-4-8-16(9-5-14)29(33)34)37-24(27-20)18-2-1-3-19(26-18)25-28-21(13-32)23(38-25)15-6-10-17(11-7-15)30(35)36/h1-11,20-23,31-32H,12-13H2/t20-,21-,22-,23-/m0/s1. The second kappa shape index (κ2) is 10.3. The smallest absolute Gasteiger partial charge is 0.269 e. The van der Waals surface area contributed by atoms with E-state index in [1.807, 2.05) is 0 Å². The van der Waals surface area contributed by atoms with E-state index in [0.717, 1.165) is 0 Å². The van der Waals surface area contributed by atoms with Crippen LogP contribution in [0.1, 0.15) is 34.7 Å². The van der Waals surface area contributed by atoms with Gasteiger partial charge in [0.05, 0.1) is 23.1 Å². The van der Waals surface area contributed by atoms with Gasteiger partial charge in [-0.3, -0.25) is 20.2 Å². The molecule has 0 saturated carbocycles. The molecule has 0 aliphatic carbocycles. The van der Waals surface area contributed by atoms with Gasteiger partial charge in [-0.2, -0.15) is 0 Å². The molecule has 3 aromatic rings. The van der Waals surface area contributed by atoms with Crippen LogP contribution in [-0.2, 0) is 9.47 Å². The van der Waals surface area contributed by atoms with Gasteiger partial charge in [-0.25, -0.2) is 15.0 Å². The number of ether oxygens (including phenoxy) is 2. The average Bonchev–Trinajstić information content (AvgIpc) is 3.58. The predicted octanol–water partition coefficient (Wildman–Crippen LogP) is 2.66. The minimum Gasteiger partial charge on any atom is -0.466 e. The van der Waals surface area contributed by atoms with Gasteiger partial charge in [-0.15, -0.1) is 0 Å². The average molecular weight is 519 g/mol. The van der Waals surface area contributed by atoms with Gasteiger partial charge in [0.2, 0.25) is 11.8 Å². The monoisotopic (exact) mass is 519 g/mol. The van der Waals surface area contributed by atoms with Gasteiger partial charge in [-0.05, 0) is 47.5 Å². The van der Waals surface area contributed by atoms with Gasteiger partial charge in [-0.1, -0.05) is 6.07 Å². The second-order valence-electron chi connectivity index (χ2n) is 8.55. The lowest BCUT2D eigenvalue weighted by atomic mass is 10.0. The molecular weight excluding hydrogens is 498 g/mol. The van der Waals surface area contributed by atoms with E-state index in [1.165, 1.54) is 24.3 Å². The molecule has 13 heteroatoms. The highest BCUT2D eigenvalue weighted by Gasteiger charge is 2.35. The third-order valence-electron chi connectivity index (χ3n) is 6.17. The minimum absolute atomic E-state index is 0.0617. The van der Waals surface area contributed by atoms with Crippen molar-refractivity contribution in [1.29, 1.82) is 0 Å². The Balaban J connectivity index is 1.36. The highest BCUT2D eigenvalue weighted by Crippen LogP contribution is 2.33. The highest BCUT2D eigenvalue weighted by molar-refractivity contribution is 5.97. The topological polar surface area (TPSA) is 183 Å². The number of hydrogen-bond donors (Lipinski definition) is 2. The van der Waals surface area contributed by atoms with Crippen molar-refractivity contribution in [1.82, 2.24) is 4.98 Å². The lowest BCUT2D eigenvalue weighted by molar-refractivity contribution is -0.385. The number of aliphatic hydroxyl groups excluding tert-OH is 2. The van der Waals surface area contributed by atoms with Crippen LogP contribution in [-0.4, -0.2) is 62.1 Å². The van der Waals surface area contributed by atoms with E-state index in [-0.39, 0.29) is 36.4 Å². The number of nitro benzene ring substituents is 2. The van der Waals surface area contributed by atoms with Crippen molar-refractivity contribution >= 4 is 23.2 Å². The molecule has 5 rings (SSSR count). The van der Waals surface area contributed by atoms with E-state index in [2.05, 4.69) is 15.0 Å². The molecule has 1 aromatic heterocycles. The second-order valence-corrected chi connectivity index (χ2v) is 8.55. The van der Waals surface area contributed by atoms with E-state index in [4.69, 9.17) is 9.47 Å². The predicted molar refractivity (Wildman–Crippen MR) is 133 cm³/mol. The first-order chi connectivity index (χ1) is 18.4. The summed E-state index contributed by atoms with van der Waals surface area (Å²) in [5, 5.41) is 41.6. The molecule has 0 radical (unpaired) electrons. The summed E-state index contributed by atoms with van der Waals surface area (Å²) in [6.45, 7) is -0.620. The van der Waals surface area contributed by atoms with Crippen LogP contribution in [0.25, 0.3) is 0 Å². The Labute approximate surface area is 215 Å². The highest BCUT2D eigenvalue weighted by atomic mass is 16.6. The van der Waals surface area contributed by atoms with Crippen molar-refractivity contribution in [2.45, 2.75) is 24.3 Å². The summed E-state index contributed by atoms with van der Waals surface area (Å²) in [4.78, 5) is 34.4. The Kier molecular flexibility index (Phi) is 6.77. The number of aliphatic imine (C=N–C) groups is 2. The molecule has 4 atom stereocenters. The minimum atomic E-state index is -0.661. The Morgan fingerprint density at radius 2 is 1.08 bits per heavy atom. The van der Waals surface area contributed by atoms with Gasteiger partial charge in [0.15, 0.2) is 12.2 Å². The number of nitro groups is 2. The summed E-state index contributed by atoms with van der Waals surface area (Å²) in [5.74, 6) is 0.358. The maximum Gasteiger partial charge on any atom is 0.269 e. The molecule has 2 N–H and O–H groups in total. The summed E-state index contributed by atoms with van der Waals surface area (Å²) in [7, 11) is 0. The summed E-state index contributed by atoms with van der Waals surface area (Å²) in [6.07, 6.45) is -1.32. The van der Waals surface area contributed by atoms with Crippen molar-refractivity contribution in [3.8, 4) is 0 Å². The van der Waals surface area contributed by atoms with Crippen LogP contribution in [0.2, 0.25) is 0 Å². The summed E-state index contributed by atoms with van der Waals surface area (Å²) < 4.78 is 12.0. The van der Waals surface area contributed by atoms with Gasteiger partial charge in [0.25, 0.3) is 11.4 Å². The fourth-order valence-corrected chi connectivity index (χ4v) is 4.25. The fraction of sp³-hybridized carbons (Fsp3) is 0.240. The van der Waals surface area contributed by atoms with Crippen molar-refractivity contribution in [2.24, 2.45) is 9.98 Å². The van der Waals surface area contributed by atoms with Gasteiger partial charge < -0.3 is 19.7 Å². The normalized spacial score (nSPS) is 22.3. The quantitative estimate of drug-likeness (QED) is 0.334. The molecule has 2 aromatic carbocycles. The first-order valence-electron chi connectivity index (χ1n) is 11.5. The van der Waals surface area contributed by atoms with Crippen molar-refractivity contribution in [2.75, 3.05) is 13.2 Å². The molecule has 13 nitrogen and oxygen atoms in total. The molecule has 194 valence electrons. The third-order valence-corrected chi connectivity index (χ3v) is 6.17. The fourth-order valence-electron chi connectivity index (χ4n) is 4.25. The zero-order valence-corrected chi connectivity index (χ0v) is 19.7. The van der Waals surface area contributed by atoms with Crippen LogP contribution in [0.5, 0.6) is 0 Å². The van der Waals surface area contributed by atoms with Crippen LogP contribution >= 0.6 is 0 Å². The number of rotatable bonds is 8. The van der Waals surface area contributed by atoms with Crippen LogP contribution in [0.3, 0.4) is 0 Å². The zero-order valence-electron chi connectivity index (χ0n) is 19.7. The molecule has 0 spiro atoms. The van der Waals surface area contributed by atoms with Crippen molar-refractivity contribution in [3.63, 3.8) is 0 Å². The molecule has 0 fully saturated rings. The summed E-state index contributed by atoms with van der Waals surface area (Å²) in [5.41, 5.74) is 1.82. The maximum absolute atomic E-state index is 11.0. The molecule has 0 amide bonds. The zero-order chi connectivity index (χ0) is 26.8. The molecular formula is C25H21N5O8. The Morgan fingerprint density at radius 1 is 0.684 bits per heavy atom. The van der Waals surface area contributed by atoms with Crippen LogP contribution in [0.4, 0.5) is 11.4 Å². The largest absolute Gasteiger partial charge is 0.466 e. The number of pyridine rings is 1. The van der Waals surface area contributed by atoms with Crippen LogP contribution in [0.15, 0.2) is 76.7 Å². The van der Waals surface area contributed by atoms with E-state index in [9.17, 15) is 30.4 Å². The Hall–Kier alpha value is -4.75. The van der Waals surface area contributed by atoms with Crippen LogP contribution < -0.4 is 0 Å². The number of nitrogens with zero attached hydrogens (tertiary/aromatic N) is 5. The SMILES string of the molecule is O=[N+]([O-])c1ccc([C@@H]2OC(c3cccc(C4=N[C@@H](CO)[C@H](c5ccc([N+](=O)[O-])cc5)O4)n3)=N[C@H]2CO)cc1. The van der Waals surface area contributed by atoms with Crippen LogP contribution in [0, 0.1) is 20.2 Å². The van der Waals surface area contributed by atoms with E-state index >= 15 is 0 Å². The molecule has 3 heterocycles. The number of hydrogen-bond acceptors (Lipinski definition) is 11. The Bertz CT molecular complexity index is 1320. The van der Waals surface area contributed by atoms with Gasteiger partial charge in [0.1, 0.15) is 23.5 Å². The first kappa shape index (κ1) is 24.9. The lowest BCUT2D eigenvalue weighted by Crippen LogP contribution is -2.18. The van der Waals surface area contributed by atoms with E-state index in [1.54, 1.807) is 42.5 Å². The molecule has 2 aliphatic heterocycles. The molecule has 2 aliphatic rings. The Morgan fingerprint density at radius 3 is 1.42 bits per heavy atom. The van der Waals surface area contributed by atoms with E-state index in [0.29, 0.717) is 22.5 Å². The number of non-ortho nitro benzene ring substituents is 2. The molecule has 0 saturated heterocycles. The third kappa shape index (κ3) is 4.79. The molecule has 38 heavy (non-hydrogen) atoms. The number of benzene rings is 2. The molecule has 0 unspecified atom stereocenters. The van der Waals surface area contributed by atoms with Gasteiger partial charge in [0, 0.05) is 24.3 Å². The lowest BCUT2D eigenvalue weighted by Gasteiger charge is -2.16. The summed E-state index contributed by atoms with van der Waals surface area (Å²) in [6, 6.07) is 15.4. The maximum atomic E-state index is 11.0. The van der Waals surface area contributed by atoms with Crippen molar-refractivity contribution in [3.05, 3.63) is 109 Å². The summed E-state index contributed by atoms with van der Waals surface area (Å²) >= 11 is 0. The number of aliphatic hydroxyl groups is 2. The number of aromatic nitrogens is 1. The van der Waals surface area contributed by atoms with Gasteiger partial charge >= 0.3 is 0 Å². The molecule has 0 bridgehead atoms. The van der Waals surface area contributed by atoms with Crippen molar-refractivity contribution < 1.29 is 29.5 Å². The first-order valence-corrected chi connectivity index (χ1v) is 11.5. The van der Waals surface area contributed by atoms with E-state index < -0.39 is 34.1 Å².